The van der Waals surface area contributed by atoms with E-state index in [2.05, 4.69) is 20.8 Å². The van der Waals surface area contributed by atoms with Crippen molar-refractivity contribution in [1.82, 2.24) is 0 Å². The van der Waals surface area contributed by atoms with Crippen molar-refractivity contribution in [2.45, 2.75) is 51.9 Å². The summed E-state index contributed by atoms with van der Waals surface area (Å²) in [7, 11) is 0. The van der Waals surface area contributed by atoms with Gasteiger partial charge in [-0.15, -0.1) is 0 Å². The highest BCUT2D eigenvalue weighted by Crippen LogP contribution is 2.26. The fraction of sp³-hybridized carbons (Fsp3) is 0.533. The Kier molecular flexibility index (Phi) is 4.33. The Morgan fingerprint density at radius 1 is 1.24 bits per heavy atom. The maximum atomic E-state index is 11.2. The molecule has 1 aromatic carbocycles. The molecule has 1 atom stereocenters. The number of rotatable bonds is 4. The van der Waals surface area contributed by atoms with Crippen molar-refractivity contribution in [3.8, 4) is 0 Å². The molecule has 1 rings (SSSR count). The van der Waals surface area contributed by atoms with Crippen molar-refractivity contribution in [2.24, 2.45) is 0 Å². The van der Waals surface area contributed by atoms with Gasteiger partial charge < -0.3 is 5.11 Å². The smallest absolute Gasteiger partial charge is 0.310 e. The fourth-order valence-electron chi connectivity index (χ4n) is 1.94. The predicted molar refractivity (Wildman–Crippen MR) is 70.4 cm³/mol. The first-order valence-corrected chi connectivity index (χ1v) is 6.19. The van der Waals surface area contributed by atoms with Crippen molar-refractivity contribution in [3.63, 3.8) is 0 Å². The molecule has 1 aromatic rings. The second kappa shape index (κ2) is 5.35. The van der Waals surface area contributed by atoms with E-state index < -0.39 is 5.97 Å². The van der Waals surface area contributed by atoms with Gasteiger partial charge in [-0.05, 0) is 23.0 Å². The molecule has 0 saturated carbocycles. The van der Waals surface area contributed by atoms with E-state index in [1.165, 1.54) is 5.56 Å². The first-order chi connectivity index (χ1) is 7.86. The average molecular weight is 234 g/mol. The SMILES string of the molecule is CCC[C@H](C(=O)O)c1ccc(C(C)(C)C)cc1. The molecule has 1 N–H and O–H groups in total. The second-order valence-electron chi connectivity index (χ2n) is 5.55. The highest BCUT2D eigenvalue weighted by Gasteiger charge is 2.20. The molecule has 0 heterocycles. The lowest BCUT2D eigenvalue weighted by atomic mass is 9.85. The summed E-state index contributed by atoms with van der Waals surface area (Å²) < 4.78 is 0. The van der Waals surface area contributed by atoms with Crippen LogP contribution in [0.15, 0.2) is 24.3 Å². The van der Waals surface area contributed by atoms with Gasteiger partial charge in [-0.1, -0.05) is 58.4 Å². The molecule has 0 saturated heterocycles. The molecule has 94 valence electrons. The Hall–Kier alpha value is -1.31. The molecule has 2 heteroatoms. The van der Waals surface area contributed by atoms with Gasteiger partial charge in [0.05, 0.1) is 5.92 Å². The zero-order chi connectivity index (χ0) is 13.1. The highest BCUT2D eigenvalue weighted by atomic mass is 16.4. The monoisotopic (exact) mass is 234 g/mol. The van der Waals surface area contributed by atoms with Gasteiger partial charge in [0.1, 0.15) is 0 Å². The van der Waals surface area contributed by atoms with Crippen LogP contribution in [0.4, 0.5) is 0 Å². The van der Waals surface area contributed by atoms with Gasteiger partial charge in [0.15, 0.2) is 0 Å². The standard InChI is InChI=1S/C15H22O2/c1-5-6-13(14(16)17)11-7-9-12(10-8-11)15(2,3)4/h7-10,13H,5-6H2,1-4H3,(H,16,17)/t13-/m0/s1. The molecule has 0 fully saturated rings. The first kappa shape index (κ1) is 13.8. The van der Waals surface area contributed by atoms with Gasteiger partial charge in [0, 0.05) is 0 Å². The van der Waals surface area contributed by atoms with Crippen LogP contribution in [0.2, 0.25) is 0 Å². The predicted octanol–water partition coefficient (Wildman–Crippen LogP) is 3.95. The minimum atomic E-state index is -0.727. The third kappa shape index (κ3) is 3.58. The number of benzene rings is 1. The van der Waals surface area contributed by atoms with Crippen LogP contribution in [0.25, 0.3) is 0 Å². The zero-order valence-corrected chi connectivity index (χ0v) is 11.2. The molecule has 0 radical (unpaired) electrons. The van der Waals surface area contributed by atoms with Crippen LogP contribution in [0.5, 0.6) is 0 Å². The Bertz CT molecular complexity index is 371. The third-order valence-electron chi connectivity index (χ3n) is 3.05. The van der Waals surface area contributed by atoms with Crippen LogP contribution < -0.4 is 0 Å². The van der Waals surface area contributed by atoms with Crippen molar-refractivity contribution < 1.29 is 9.90 Å². The summed E-state index contributed by atoms with van der Waals surface area (Å²) in [4.78, 5) is 11.2. The van der Waals surface area contributed by atoms with Crippen molar-refractivity contribution in [3.05, 3.63) is 35.4 Å². The lowest BCUT2D eigenvalue weighted by Crippen LogP contribution is -2.13. The minimum absolute atomic E-state index is 0.113. The van der Waals surface area contributed by atoms with Crippen LogP contribution in [0.1, 0.15) is 57.6 Å². The van der Waals surface area contributed by atoms with Crippen LogP contribution in [-0.4, -0.2) is 11.1 Å². The summed E-state index contributed by atoms with van der Waals surface area (Å²) in [6.45, 7) is 8.48. The molecule has 0 aliphatic carbocycles. The molecule has 0 spiro atoms. The molecule has 0 unspecified atom stereocenters. The molecule has 0 aliphatic heterocycles. The highest BCUT2D eigenvalue weighted by molar-refractivity contribution is 5.76. The quantitative estimate of drug-likeness (QED) is 0.856. The third-order valence-corrected chi connectivity index (χ3v) is 3.05. The Morgan fingerprint density at radius 3 is 2.12 bits per heavy atom. The van der Waals surface area contributed by atoms with Gasteiger partial charge in [-0.2, -0.15) is 0 Å². The molecule has 2 nitrogen and oxygen atoms in total. The molecule has 0 amide bonds. The summed E-state index contributed by atoms with van der Waals surface area (Å²) in [5, 5.41) is 9.19. The van der Waals surface area contributed by atoms with E-state index in [-0.39, 0.29) is 11.3 Å². The van der Waals surface area contributed by atoms with Gasteiger partial charge >= 0.3 is 5.97 Å². The normalized spacial score (nSPS) is 13.4. The Morgan fingerprint density at radius 2 is 1.76 bits per heavy atom. The largest absolute Gasteiger partial charge is 0.481 e. The average Bonchev–Trinajstić information content (AvgIpc) is 2.24. The molecule has 0 bridgehead atoms. The zero-order valence-electron chi connectivity index (χ0n) is 11.2. The van der Waals surface area contributed by atoms with E-state index >= 15 is 0 Å². The lowest BCUT2D eigenvalue weighted by molar-refractivity contribution is -0.139. The van der Waals surface area contributed by atoms with E-state index in [0.717, 1.165) is 12.0 Å². The van der Waals surface area contributed by atoms with Gasteiger partial charge in [0.2, 0.25) is 0 Å². The van der Waals surface area contributed by atoms with Crippen molar-refractivity contribution in [2.75, 3.05) is 0 Å². The molecule has 17 heavy (non-hydrogen) atoms. The Labute approximate surface area is 104 Å². The van der Waals surface area contributed by atoms with E-state index in [1.54, 1.807) is 0 Å². The molecule has 0 aromatic heterocycles. The number of aliphatic carboxylic acids is 1. The van der Waals surface area contributed by atoms with Crippen LogP contribution in [-0.2, 0) is 10.2 Å². The summed E-state index contributed by atoms with van der Waals surface area (Å²) in [5.41, 5.74) is 2.26. The van der Waals surface area contributed by atoms with Gasteiger partial charge in [-0.3, -0.25) is 4.79 Å². The number of hydrogen-bond donors (Lipinski definition) is 1. The summed E-state index contributed by atoms with van der Waals surface area (Å²) in [5.74, 6) is -1.09. The van der Waals surface area contributed by atoms with Crippen molar-refractivity contribution >= 4 is 5.97 Å². The van der Waals surface area contributed by atoms with Gasteiger partial charge in [0.25, 0.3) is 0 Å². The number of carbonyl (C=O) groups is 1. The minimum Gasteiger partial charge on any atom is -0.481 e. The van der Waals surface area contributed by atoms with Crippen LogP contribution in [0.3, 0.4) is 0 Å². The number of hydrogen-bond acceptors (Lipinski definition) is 1. The van der Waals surface area contributed by atoms with E-state index in [0.29, 0.717) is 6.42 Å². The fourth-order valence-corrected chi connectivity index (χ4v) is 1.94. The molecular weight excluding hydrogens is 212 g/mol. The lowest BCUT2D eigenvalue weighted by Gasteiger charge is -2.20. The summed E-state index contributed by atoms with van der Waals surface area (Å²) in [6.07, 6.45) is 1.59. The summed E-state index contributed by atoms with van der Waals surface area (Å²) in [6, 6.07) is 7.99. The van der Waals surface area contributed by atoms with E-state index in [1.807, 2.05) is 31.2 Å². The van der Waals surface area contributed by atoms with E-state index in [4.69, 9.17) is 0 Å². The van der Waals surface area contributed by atoms with Gasteiger partial charge in [-0.25, -0.2) is 0 Å². The second-order valence-corrected chi connectivity index (χ2v) is 5.55. The van der Waals surface area contributed by atoms with E-state index in [9.17, 15) is 9.90 Å². The van der Waals surface area contributed by atoms with Crippen molar-refractivity contribution in [1.29, 1.82) is 0 Å². The number of carboxylic acid groups (broad SMARTS) is 1. The molecular formula is C15H22O2. The Balaban J connectivity index is 2.96. The molecule has 0 aliphatic rings. The maximum absolute atomic E-state index is 11.2. The topological polar surface area (TPSA) is 37.3 Å². The number of carboxylic acids is 1. The maximum Gasteiger partial charge on any atom is 0.310 e. The first-order valence-electron chi connectivity index (χ1n) is 6.19. The van der Waals surface area contributed by atoms with Crippen LogP contribution >= 0.6 is 0 Å². The van der Waals surface area contributed by atoms with Crippen LogP contribution in [0, 0.1) is 0 Å². The summed E-state index contributed by atoms with van der Waals surface area (Å²) >= 11 is 0.